The van der Waals surface area contributed by atoms with Crippen LogP contribution in [0.4, 0.5) is 0 Å². The first kappa shape index (κ1) is 17.8. The number of ether oxygens (including phenoxy) is 3. The van der Waals surface area contributed by atoms with Crippen LogP contribution in [-0.4, -0.2) is 57.4 Å². The van der Waals surface area contributed by atoms with E-state index in [0.29, 0.717) is 12.8 Å². The molecule has 0 aromatic heterocycles. The van der Waals surface area contributed by atoms with Gasteiger partial charge in [-0.15, -0.1) is 0 Å². The largest absolute Gasteiger partial charge is 0.463 e. The fourth-order valence-electron chi connectivity index (χ4n) is 3.42. The van der Waals surface area contributed by atoms with E-state index in [2.05, 4.69) is 0 Å². The molecule has 0 unspecified atom stereocenters. The molecule has 136 valence electrons. The molecular weight excluding hydrogens is 332 g/mol. The third kappa shape index (κ3) is 2.52. The minimum atomic E-state index is -2.01. The number of hydrogen-bond donors (Lipinski definition) is 2. The summed E-state index contributed by atoms with van der Waals surface area (Å²) in [5, 5.41) is 21.0. The number of rotatable bonds is 1. The quantitative estimate of drug-likeness (QED) is 0.497. The number of ketones is 2. The van der Waals surface area contributed by atoms with Gasteiger partial charge in [0, 0.05) is 12.5 Å². The summed E-state index contributed by atoms with van der Waals surface area (Å²) < 4.78 is 16.1. The Bertz CT molecular complexity index is 707. The van der Waals surface area contributed by atoms with Crippen LogP contribution in [0.5, 0.6) is 0 Å². The van der Waals surface area contributed by atoms with Gasteiger partial charge in [0.25, 0.3) is 5.79 Å². The van der Waals surface area contributed by atoms with Crippen LogP contribution in [0.3, 0.4) is 0 Å². The monoisotopic (exact) mass is 352 g/mol. The summed E-state index contributed by atoms with van der Waals surface area (Å²) >= 11 is 0. The number of hydrogen-bond acceptors (Lipinski definition) is 8. The van der Waals surface area contributed by atoms with E-state index in [1.807, 2.05) is 0 Å². The Labute approximate surface area is 144 Å². The summed E-state index contributed by atoms with van der Waals surface area (Å²) in [7, 11) is 0. The van der Waals surface area contributed by atoms with E-state index >= 15 is 0 Å². The molecule has 1 saturated heterocycles. The molecule has 25 heavy (non-hydrogen) atoms. The molecule has 3 aliphatic rings. The minimum Gasteiger partial charge on any atom is -0.463 e. The average molecular weight is 352 g/mol. The standard InChI is InChI=1S/C17H20O8/c1-8-4-5-12(19)17(24-8)15(22)10-6-13(20)16(3,25-9(2)18)14(21)11(10)7-23-17/h6-8,12,15,19,22H,4-5H2,1-3H3/t8-,12+,15+,16-,17-/m0/s1. The maximum absolute atomic E-state index is 12.7. The van der Waals surface area contributed by atoms with Crippen molar-refractivity contribution in [2.75, 3.05) is 0 Å². The van der Waals surface area contributed by atoms with Gasteiger partial charge in [-0.3, -0.25) is 14.4 Å². The fourth-order valence-corrected chi connectivity index (χ4v) is 3.42. The molecule has 1 spiro atoms. The summed E-state index contributed by atoms with van der Waals surface area (Å²) in [6.45, 7) is 4.05. The first-order valence-electron chi connectivity index (χ1n) is 8.04. The Kier molecular flexibility index (Phi) is 4.09. The second-order valence-electron chi connectivity index (χ2n) is 6.71. The maximum atomic E-state index is 12.7. The van der Waals surface area contributed by atoms with Gasteiger partial charge in [0.05, 0.1) is 17.9 Å². The fraction of sp³-hybridized carbons (Fsp3) is 0.588. The highest BCUT2D eigenvalue weighted by Gasteiger charge is 2.59. The van der Waals surface area contributed by atoms with Gasteiger partial charge in [-0.1, -0.05) is 0 Å². The van der Waals surface area contributed by atoms with Crippen molar-refractivity contribution in [3.05, 3.63) is 23.5 Å². The predicted octanol–water partition coefficient (Wildman–Crippen LogP) is -0.0825. The second-order valence-corrected chi connectivity index (χ2v) is 6.71. The smallest absolute Gasteiger partial charge is 0.304 e. The van der Waals surface area contributed by atoms with Gasteiger partial charge in [-0.2, -0.15) is 0 Å². The van der Waals surface area contributed by atoms with Crippen LogP contribution in [0.2, 0.25) is 0 Å². The summed E-state index contributed by atoms with van der Waals surface area (Å²) in [6, 6.07) is 0. The lowest BCUT2D eigenvalue weighted by molar-refractivity contribution is -0.331. The topological polar surface area (TPSA) is 119 Å². The van der Waals surface area contributed by atoms with Crippen molar-refractivity contribution < 1.29 is 38.8 Å². The molecule has 2 N–H and O–H groups in total. The third-order valence-corrected chi connectivity index (χ3v) is 4.83. The molecule has 8 heteroatoms. The molecule has 0 bridgehead atoms. The van der Waals surface area contributed by atoms with E-state index in [4.69, 9.17) is 14.2 Å². The Morgan fingerprint density at radius 3 is 2.64 bits per heavy atom. The van der Waals surface area contributed by atoms with Crippen LogP contribution >= 0.6 is 0 Å². The van der Waals surface area contributed by atoms with Gasteiger partial charge in [0.1, 0.15) is 12.2 Å². The van der Waals surface area contributed by atoms with Crippen molar-refractivity contribution in [3.63, 3.8) is 0 Å². The summed E-state index contributed by atoms with van der Waals surface area (Å²) in [6.07, 6.45) is 0.0505. The van der Waals surface area contributed by atoms with Crippen LogP contribution in [-0.2, 0) is 28.6 Å². The highest BCUT2D eigenvalue weighted by atomic mass is 16.7. The van der Waals surface area contributed by atoms with Crippen LogP contribution < -0.4 is 0 Å². The molecule has 0 saturated carbocycles. The van der Waals surface area contributed by atoms with E-state index in [0.717, 1.165) is 19.3 Å². The Morgan fingerprint density at radius 1 is 1.32 bits per heavy atom. The predicted molar refractivity (Wildman–Crippen MR) is 82.0 cm³/mol. The lowest BCUT2D eigenvalue weighted by Crippen LogP contribution is -2.63. The van der Waals surface area contributed by atoms with E-state index in [9.17, 15) is 24.6 Å². The van der Waals surface area contributed by atoms with Gasteiger partial charge in [-0.05, 0) is 32.8 Å². The molecule has 3 rings (SSSR count). The molecule has 2 heterocycles. The number of aliphatic hydroxyl groups is 2. The van der Waals surface area contributed by atoms with E-state index in [1.165, 1.54) is 6.92 Å². The second kappa shape index (κ2) is 5.76. The lowest BCUT2D eigenvalue weighted by atomic mass is 9.75. The van der Waals surface area contributed by atoms with Gasteiger partial charge < -0.3 is 24.4 Å². The Hall–Kier alpha value is -2.03. The molecule has 0 aromatic carbocycles. The zero-order valence-corrected chi connectivity index (χ0v) is 14.1. The number of esters is 1. The first-order valence-corrected chi connectivity index (χ1v) is 8.04. The van der Waals surface area contributed by atoms with Gasteiger partial charge in [0.15, 0.2) is 0 Å². The first-order chi connectivity index (χ1) is 11.6. The molecule has 0 aromatic rings. The molecule has 5 atom stereocenters. The Balaban J connectivity index is 2.03. The highest BCUT2D eigenvalue weighted by Crippen LogP contribution is 2.44. The normalized spacial score (nSPS) is 40.8. The zero-order chi connectivity index (χ0) is 18.6. The van der Waals surface area contributed by atoms with Crippen LogP contribution in [0.15, 0.2) is 23.5 Å². The number of carbonyl (C=O) groups excluding carboxylic acids is 3. The van der Waals surface area contributed by atoms with E-state index in [1.54, 1.807) is 6.92 Å². The molecular formula is C17H20O8. The van der Waals surface area contributed by atoms with Gasteiger partial charge >= 0.3 is 5.97 Å². The average Bonchev–Trinajstić information content (AvgIpc) is 2.53. The minimum absolute atomic E-state index is 0.0148. The van der Waals surface area contributed by atoms with Crippen molar-refractivity contribution in [1.82, 2.24) is 0 Å². The van der Waals surface area contributed by atoms with Gasteiger partial charge in [0.2, 0.25) is 17.2 Å². The van der Waals surface area contributed by atoms with Crippen molar-refractivity contribution in [3.8, 4) is 0 Å². The highest BCUT2D eigenvalue weighted by molar-refractivity contribution is 6.26. The maximum Gasteiger partial charge on any atom is 0.304 e. The molecule has 0 radical (unpaired) electrons. The molecule has 1 fully saturated rings. The zero-order valence-electron chi connectivity index (χ0n) is 14.1. The van der Waals surface area contributed by atoms with Crippen molar-refractivity contribution >= 4 is 17.5 Å². The molecule has 8 nitrogen and oxygen atoms in total. The summed E-state index contributed by atoms with van der Waals surface area (Å²) in [5.41, 5.74) is -2.11. The van der Waals surface area contributed by atoms with Crippen LogP contribution in [0, 0.1) is 0 Å². The third-order valence-electron chi connectivity index (χ3n) is 4.83. The number of aliphatic hydroxyl groups excluding tert-OH is 2. The van der Waals surface area contributed by atoms with Crippen molar-refractivity contribution in [1.29, 1.82) is 0 Å². The van der Waals surface area contributed by atoms with Gasteiger partial charge in [-0.25, -0.2) is 0 Å². The van der Waals surface area contributed by atoms with Crippen LogP contribution in [0.25, 0.3) is 0 Å². The molecule has 2 aliphatic heterocycles. The van der Waals surface area contributed by atoms with E-state index < -0.39 is 41.1 Å². The number of fused-ring (bicyclic) bond motifs is 1. The lowest BCUT2D eigenvalue weighted by Gasteiger charge is -2.48. The summed E-state index contributed by atoms with van der Waals surface area (Å²) in [5.74, 6) is -4.12. The van der Waals surface area contributed by atoms with E-state index in [-0.39, 0.29) is 17.3 Å². The molecule has 0 amide bonds. The number of Topliss-reactive ketones (excluding diaryl/α,β-unsaturated/α-hetero) is 1. The Morgan fingerprint density at radius 2 is 2.00 bits per heavy atom. The van der Waals surface area contributed by atoms with Crippen molar-refractivity contribution in [2.45, 2.75) is 63.3 Å². The number of carbonyl (C=O) groups is 3. The SMILES string of the molecule is CC(=O)O[C@@]1(C)C(=O)C=C2C(=CO[C@@]3(O[C@@H](C)CC[C@H]3O)[C@@H]2O)C1=O. The molecule has 1 aliphatic carbocycles. The summed E-state index contributed by atoms with van der Waals surface area (Å²) in [4.78, 5) is 36.4. The van der Waals surface area contributed by atoms with Crippen molar-refractivity contribution in [2.24, 2.45) is 0 Å². The van der Waals surface area contributed by atoms with Crippen LogP contribution in [0.1, 0.15) is 33.6 Å².